The number of carbonyl (C=O) groups excluding carboxylic acids is 1. The van der Waals surface area contributed by atoms with Crippen LogP contribution in [0.5, 0.6) is 0 Å². The van der Waals surface area contributed by atoms with Gasteiger partial charge in [-0.25, -0.2) is 0 Å². The third kappa shape index (κ3) is 4.20. The molecule has 1 saturated heterocycles. The Hall–Kier alpha value is -1.60. The first-order chi connectivity index (χ1) is 10.4. The van der Waals surface area contributed by atoms with Gasteiger partial charge < -0.3 is 15.4 Å². The summed E-state index contributed by atoms with van der Waals surface area (Å²) in [6, 6.07) is 4.36. The van der Waals surface area contributed by atoms with Gasteiger partial charge in [-0.15, -0.1) is 0 Å². The van der Waals surface area contributed by atoms with Gasteiger partial charge in [-0.3, -0.25) is 4.79 Å². The highest BCUT2D eigenvalue weighted by Crippen LogP contribution is 2.31. The van der Waals surface area contributed by atoms with E-state index < -0.39 is 17.8 Å². The maximum Gasteiger partial charge on any atom is 0.416 e. The normalized spacial score (nSPS) is 19.9. The lowest BCUT2D eigenvalue weighted by Crippen LogP contribution is -2.36. The van der Waals surface area contributed by atoms with E-state index in [1.54, 1.807) is 6.07 Å². The van der Waals surface area contributed by atoms with E-state index in [2.05, 4.69) is 10.6 Å². The molecule has 2 rings (SSSR count). The van der Waals surface area contributed by atoms with Crippen LogP contribution < -0.4 is 10.6 Å². The van der Waals surface area contributed by atoms with Gasteiger partial charge in [0.2, 0.25) is 5.91 Å². The Morgan fingerprint density at radius 3 is 2.86 bits per heavy atom. The maximum atomic E-state index is 12.8. The highest BCUT2D eigenvalue weighted by Gasteiger charge is 2.31. The summed E-state index contributed by atoms with van der Waals surface area (Å²) in [6.07, 6.45) is -3.68. The highest BCUT2D eigenvalue weighted by molar-refractivity contribution is 5.79. The van der Waals surface area contributed by atoms with Crippen LogP contribution in [-0.2, 0) is 15.7 Å². The number of ether oxygens (including phenoxy) is 1. The van der Waals surface area contributed by atoms with E-state index in [1.165, 1.54) is 13.2 Å². The smallest absolute Gasteiger partial charge is 0.382 e. The maximum absolute atomic E-state index is 12.8. The topological polar surface area (TPSA) is 50.4 Å². The van der Waals surface area contributed by atoms with Crippen LogP contribution in [0.15, 0.2) is 24.3 Å². The zero-order valence-corrected chi connectivity index (χ0v) is 12.2. The quantitative estimate of drug-likeness (QED) is 0.875. The number of amides is 1. The molecule has 0 spiro atoms. The molecule has 1 heterocycles. The molecule has 4 nitrogen and oxygen atoms in total. The molecule has 0 unspecified atom stereocenters. The Balaban J connectivity index is 2.14. The second-order valence-electron chi connectivity index (χ2n) is 5.33. The lowest BCUT2D eigenvalue weighted by Gasteiger charge is -2.21. The van der Waals surface area contributed by atoms with E-state index >= 15 is 0 Å². The van der Waals surface area contributed by atoms with Gasteiger partial charge in [-0.05, 0) is 30.7 Å². The average Bonchev–Trinajstić information content (AvgIpc) is 3.00. The molecule has 0 radical (unpaired) electrons. The van der Waals surface area contributed by atoms with Crippen LogP contribution in [0.25, 0.3) is 0 Å². The van der Waals surface area contributed by atoms with Crippen molar-refractivity contribution >= 4 is 5.91 Å². The summed E-state index contributed by atoms with van der Waals surface area (Å²) in [5.41, 5.74) is -0.348. The number of hydrogen-bond acceptors (Lipinski definition) is 3. The fraction of sp³-hybridized carbons (Fsp3) is 0.533. The summed E-state index contributed by atoms with van der Waals surface area (Å²) in [5, 5.41) is 5.87. The van der Waals surface area contributed by atoms with E-state index in [0.29, 0.717) is 12.1 Å². The first kappa shape index (κ1) is 16.8. The van der Waals surface area contributed by atoms with Gasteiger partial charge in [0, 0.05) is 13.7 Å². The van der Waals surface area contributed by atoms with E-state index in [0.717, 1.165) is 25.1 Å². The zero-order chi connectivity index (χ0) is 16.2. The van der Waals surface area contributed by atoms with Crippen molar-refractivity contribution in [3.05, 3.63) is 35.4 Å². The van der Waals surface area contributed by atoms with Crippen molar-refractivity contribution in [2.24, 2.45) is 5.92 Å². The summed E-state index contributed by atoms with van der Waals surface area (Å²) in [5.74, 6) is -0.311. The Kier molecular flexibility index (Phi) is 5.42. The van der Waals surface area contributed by atoms with Crippen LogP contribution in [0.3, 0.4) is 0 Å². The minimum Gasteiger partial charge on any atom is -0.382 e. The monoisotopic (exact) mass is 316 g/mol. The van der Waals surface area contributed by atoms with Gasteiger partial charge in [-0.1, -0.05) is 12.1 Å². The van der Waals surface area contributed by atoms with Crippen molar-refractivity contribution in [2.45, 2.75) is 18.6 Å². The second-order valence-corrected chi connectivity index (χ2v) is 5.33. The largest absolute Gasteiger partial charge is 0.416 e. The number of carbonyl (C=O) groups is 1. The Labute approximate surface area is 127 Å². The van der Waals surface area contributed by atoms with Crippen molar-refractivity contribution < 1.29 is 22.7 Å². The molecule has 0 saturated carbocycles. The molecule has 7 heteroatoms. The summed E-state index contributed by atoms with van der Waals surface area (Å²) in [7, 11) is 1.45. The molecule has 1 amide bonds. The predicted molar refractivity (Wildman–Crippen MR) is 75.2 cm³/mol. The highest BCUT2D eigenvalue weighted by atomic mass is 19.4. The van der Waals surface area contributed by atoms with Gasteiger partial charge >= 0.3 is 6.18 Å². The van der Waals surface area contributed by atoms with Crippen LogP contribution in [0.2, 0.25) is 0 Å². The number of rotatable bonds is 5. The van der Waals surface area contributed by atoms with E-state index in [9.17, 15) is 18.0 Å². The molecular weight excluding hydrogens is 297 g/mol. The van der Waals surface area contributed by atoms with Crippen LogP contribution in [0.1, 0.15) is 23.6 Å². The van der Waals surface area contributed by atoms with Crippen molar-refractivity contribution in [2.75, 3.05) is 26.8 Å². The molecule has 1 aliphatic rings. The molecule has 0 aliphatic carbocycles. The zero-order valence-electron chi connectivity index (χ0n) is 12.2. The van der Waals surface area contributed by atoms with Gasteiger partial charge in [0.15, 0.2) is 0 Å². The molecule has 122 valence electrons. The molecule has 22 heavy (non-hydrogen) atoms. The van der Waals surface area contributed by atoms with Crippen molar-refractivity contribution in [3.8, 4) is 0 Å². The third-order valence-electron chi connectivity index (χ3n) is 3.70. The van der Waals surface area contributed by atoms with Crippen molar-refractivity contribution in [1.82, 2.24) is 10.6 Å². The molecule has 2 atom stereocenters. The minimum atomic E-state index is -4.41. The first-order valence-corrected chi connectivity index (χ1v) is 7.09. The summed E-state index contributed by atoms with van der Waals surface area (Å²) in [4.78, 5) is 12.2. The van der Waals surface area contributed by atoms with Gasteiger partial charge in [-0.2, -0.15) is 13.2 Å². The number of alkyl halides is 3. The molecule has 2 N–H and O–H groups in total. The average molecular weight is 316 g/mol. The van der Waals surface area contributed by atoms with E-state index in [-0.39, 0.29) is 18.4 Å². The SMILES string of the molecule is COC[C@H](NC(=O)[C@H]1CCNC1)c1cccc(C(F)(F)F)c1. The lowest BCUT2D eigenvalue weighted by molar-refractivity contribution is -0.137. The number of hydrogen-bond donors (Lipinski definition) is 2. The lowest BCUT2D eigenvalue weighted by atomic mass is 10.0. The number of halogens is 3. The van der Waals surface area contributed by atoms with E-state index in [1.807, 2.05) is 0 Å². The molecule has 1 aromatic carbocycles. The van der Waals surface area contributed by atoms with Gasteiger partial charge in [0.1, 0.15) is 0 Å². The number of benzene rings is 1. The van der Waals surface area contributed by atoms with Crippen molar-refractivity contribution in [3.63, 3.8) is 0 Å². The molecule has 1 aliphatic heterocycles. The molecule has 0 bridgehead atoms. The van der Waals surface area contributed by atoms with Crippen LogP contribution in [-0.4, -0.2) is 32.7 Å². The Bertz CT molecular complexity index is 514. The Morgan fingerprint density at radius 2 is 2.27 bits per heavy atom. The van der Waals surface area contributed by atoms with Crippen LogP contribution in [0.4, 0.5) is 13.2 Å². The fourth-order valence-electron chi connectivity index (χ4n) is 2.49. The predicted octanol–water partition coefficient (Wildman–Crippen LogP) is 2.12. The molecule has 1 aromatic rings. The Morgan fingerprint density at radius 1 is 1.50 bits per heavy atom. The molecule has 0 aromatic heterocycles. The standard InChI is InChI=1S/C15H19F3N2O2/c1-22-9-13(20-14(21)11-5-6-19-8-11)10-3-2-4-12(7-10)15(16,17)18/h2-4,7,11,13,19H,5-6,8-9H2,1H3,(H,20,21)/t11-,13-/m0/s1. The minimum absolute atomic E-state index is 0.118. The molecule has 1 fully saturated rings. The summed E-state index contributed by atoms with van der Waals surface area (Å²) < 4.78 is 43.4. The number of nitrogens with one attached hydrogen (secondary N) is 2. The van der Waals surface area contributed by atoms with Gasteiger partial charge in [0.25, 0.3) is 0 Å². The second kappa shape index (κ2) is 7.11. The first-order valence-electron chi connectivity index (χ1n) is 7.09. The fourth-order valence-corrected chi connectivity index (χ4v) is 2.49. The van der Waals surface area contributed by atoms with Crippen molar-refractivity contribution in [1.29, 1.82) is 0 Å². The number of methoxy groups -OCH3 is 1. The summed E-state index contributed by atoms with van der Waals surface area (Å²) in [6.45, 7) is 1.48. The van der Waals surface area contributed by atoms with Crippen LogP contribution >= 0.6 is 0 Å². The molecular formula is C15H19F3N2O2. The summed E-state index contributed by atoms with van der Waals surface area (Å²) >= 11 is 0. The third-order valence-corrected chi connectivity index (χ3v) is 3.70. The van der Waals surface area contributed by atoms with Crippen LogP contribution in [0, 0.1) is 5.92 Å². The van der Waals surface area contributed by atoms with E-state index in [4.69, 9.17) is 4.74 Å². The van der Waals surface area contributed by atoms with Gasteiger partial charge in [0.05, 0.1) is 24.1 Å².